The first-order valence-electron chi connectivity index (χ1n) is 11.2. The van der Waals surface area contributed by atoms with Crippen molar-refractivity contribution in [2.75, 3.05) is 13.6 Å². The van der Waals surface area contributed by atoms with E-state index in [-0.39, 0.29) is 29.7 Å². The quantitative estimate of drug-likeness (QED) is 0.509. The molecule has 3 rings (SSSR count). The standard InChI is InChI=1S/C25H24F6N2O4/c1-12(2)18(23(36)37)11-32-21(34)19-16-6-4-5-7-17(16)22(35)33(3)20(19)13-8-14(24(26,27)28)10-15(9-13)25(29,30)31/h4-10,12,18-20H,11H2,1-3H3,(H,32,34)(H,36,37). The number of carbonyl (C=O) groups is 3. The third kappa shape index (κ3) is 5.72. The zero-order valence-corrected chi connectivity index (χ0v) is 19.9. The average molecular weight is 530 g/mol. The topological polar surface area (TPSA) is 86.7 Å². The number of amides is 2. The number of nitrogens with zero attached hydrogens (tertiary/aromatic N) is 1. The lowest BCUT2D eigenvalue weighted by Crippen LogP contribution is -2.47. The van der Waals surface area contributed by atoms with E-state index in [1.165, 1.54) is 31.3 Å². The number of nitrogens with one attached hydrogen (secondary N) is 1. The highest BCUT2D eigenvalue weighted by molar-refractivity contribution is 6.01. The Hall–Kier alpha value is -3.57. The molecule has 2 aromatic rings. The molecule has 0 fully saturated rings. The van der Waals surface area contributed by atoms with E-state index in [1.54, 1.807) is 13.8 Å². The summed E-state index contributed by atoms with van der Waals surface area (Å²) in [4.78, 5) is 39.0. The van der Waals surface area contributed by atoms with Gasteiger partial charge in [0.05, 0.1) is 29.0 Å². The van der Waals surface area contributed by atoms with Crippen LogP contribution < -0.4 is 5.32 Å². The monoisotopic (exact) mass is 530 g/mol. The van der Waals surface area contributed by atoms with E-state index in [4.69, 9.17) is 0 Å². The fourth-order valence-corrected chi connectivity index (χ4v) is 4.45. The lowest BCUT2D eigenvalue weighted by molar-refractivity contribution is -0.144. The van der Waals surface area contributed by atoms with Gasteiger partial charge in [-0.05, 0) is 41.3 Å². The zero-order chi connectivity index (χ0) is 27.9. The summed E-state index contributed by atoms with van der Waals surface area (Å²) >= 11 is 0. The molecule has 12 heteroatoms. The SMILES string of the molecule is CC(C)C(CNC(=O)C1c2ccccc2C(=O)N(C)C1c1cc(C(F)(F)F)cc(C(F)(F)F)c1)C(=O)O. The van der Waals surface area contributed by atoms with Crippen LogP contribution in [0.25, 0.3) is 0 Å². The normalized spacial score (nSPS) is 19.0. The summed E-state index contributed by atoms with van der Waals surface area (Å²) in [6.07, 6.45) is -10.3. The Bertz CT molecular complexity index is 1180. The largest absolute Gasteiger partial charge is 0.481 e. The van der Waals surface area contributed by atoms with E-state index in [1.807, 2.05) is 0 Å². The molecule has 3 unspecified atom stereocenters. The molecule has 1 aliphatic rings. The van der Waals surface area contributed by atoms with Crippen LogP contribution in [0, 0.1) is 11.8 Å². The first kappa shape index (κ1) is 28.0. The van der Waals surface area contributed by atoms with Crippen LogP contribution in [0.5, 0.6) is 0 Å². The number of halogens is 6. The van der Waals surface area contributed by atoms with Gasteiger partial charge in [0.2, 0.25) is 5.91 Å². The van der Waals surface area contributed by atoms with Gasteiger partial charge in [-0.1, -0.05) is 32.0 Å². The summed E-state index contributed by atoms with van der Waals surface area (Å²) in [5.41, 5.74) is -3.53. The molecule has 1 heterocycles. The number of rotatable bonds is 6. The van der Waals surface area contributed by atoms with Crippen molar-refractivity contribution < 1.29 is 45.8 Å². The van der Waals surface area contributed by atoms with Crippen LogP contribution in [0.4, 0.5) is 26.3 Å². The van der Waals surface area contributed by atoms with Gasteiger partial charge in [0.1, 0.15) is 0 Å². The predicted molar refractivity (Wildman–Crippen MR) is 119 cm³/mol. The molecule has 2 amide bonds. The van der Waals surface area contributed by atoms with Gasteiger partial charge in [0, 0.05) is 19.2 Å². The van der Waals surface area contributed by atoms with Crippen molar-refractivity contribution in [3.05, 3.63) is 70.3 Å². The second-order valence-electron chi connectivity index (χ2n) is 9.20. The summed E-state index contributed by atoms with van der Waals surface area (Å²) in [6, 6.07) is 5.20. The number of fused-ring (bicyclic) bond motifs is 1. The van der Waals surface area contributed by atoms with E-state index in [2.05, 4.69) is 5.32 Å². The molecule has 0 saturated carbocycles. The summed E-state index contributed by atoms with van der Waals surface area (Å²) in [7, 11) is 1.19. The van der Waals surface area contributed by atoms with Crippen molar-refractivity contribution >= 4 is 17.8 Å². The molecular formula is C25H24F6N2O4. The highest BCUT2D eigenvalue weighted by Gasteiger charge is 2.45. The van der Waals surface area contributed by atoms with Crippen LogP contribution in [-0.4, -0.2) is 41.4 Å². The van der Waals surface area contributed by atoms with Gasteiger partial charge in [-0.3, -0.25) is 14.4 Å². The fourth-order valence-electron chi connectivity index (χ4n) is 4.45. The van der Waals surface area contributed by atoms with E-state index < -0.39 is 64.7 Å². The van der Waals surface area contributed by atoms with Gasteiger partial charge >= 0.3 is 18.3 Å². The fraction of sp³-hybridized carbons (Fsp3) is 0.400. The number of hydrogen-bond acceptors (Lipinski definition) is 3. The molecule has 0 saturated heterocycles. The maximum atomic E-state index is 13.5. The molecule has 3 atom stereocenters. The summed E-state index contributed by atoms with van der Waals surface area (Å²) < 4.78 is 81.3. The van der Waals surface area contributed by atoms with Crippen molar-refractivity contribution in [3.8, 4) is 0 Å². The van der Waals surface area contributed by atoms with Crippen molar-refractivity contribution in [2.45, 2.75) is 38.2 Å². The van der Waals surface area contributed by atoms with Crippen LogP contribution in [0.3, 0.4) is 0 Å². The van der Waals surface area contributed by atoms with Crippen LogP contribution in [0.1, 0.15) is 58.4 Å². The number of carboxylic acids is 1. The van der Waals surface area contributed by atoms with Crippen LogP contribution in [0.15, 0.2) is 42.5 Å². The third-order valence-electron chi connectivity index (χ3n) is 6.43. The molecular weight excluding hydrogens is 506 g/mol. The molecule has 2 N–H and O–H groups in total. The zero-order valence-electron chi connectivity index (χ0n) is 19.9. The lowest BCUT2D eigenvalue weighted by atomic mass is 9.78. The maximum absolute atomic E-state index is 13.5. The number of carbonyl (C=O) groups excluding carboxylic acids is 2. The number of benzene rings is 2. The molecule has 0 spiro atoms. The Morgan fingerprint density at radius 2 is 1.54 bits per heavy atom. The maximum Gasteiger partial charge on any atom is 0.416 e. The number of aliphatic carboxylic acids is 1. The molecule has 37 heavy (non-hydrogen) atoms. The van der Waals surface area contributed by atoms with Crippen molar-refractivity contribution in [3.63, 3.8) is 0 Å². The third-order valence-corrected chi connectivity index (χ3v) is 6.43. The lowest BCUT2D eigenvalue weighted by Gasteiger charge is -2.40. The molecule has 2 aromatic carbocycles. The van der Waals surface area contributed by atoms with E-state index >= 15 is 0 Å². The number of alkyl halides is 6. The Morgan fingerprint density at radius 1 is 1.00 bits per heavy atom. The van der Waals surface area contributed by atoms with E-state index in [9.17, 15) is 45.8 Å². The number of carboxylic acid groups (broad SMARTS) is 1. The van der Waals surface area contributed by atoms with Gasteiger partial charge < -0.3 is 15.3 Å². The Morgan fingerprint density at radius 3 is 2.03 bits per heavy atom. The summed E-state index contributed by atoms with van der Waals surface area (Å²) in [5, 5.41) is 11.9. The van der Waals surface area contributed by atoms with Crippen LogP contribution >= 0.6 is 0 Å². The van der Waals surface area contributed by atoms with Crippen molar-refractivity contribution in [1.29, 1.82) is 0 Å². The van der Waals surface area contributed by atoms with E-state index in [0.717, 1.165) is 4.90 Å². The molecule has 6 nitrogen and oxygen atoms in total. The van der Waals surface area contributed by atoms with Crippen LogP contribution in [0.2, 0.25) is 0 Å². The van der Waals surface area contributed by atoms with Crippen molar-refractivity contribution in [1.82, 2.24) is 10.2 Å². The Kier molecular flexibility index (Phi) is 7.62. The smallest absolute Gasteiger partial charge is 0.416 e. The van der Waals surface area contributed by atoms with Gasteiger partial charge in [0.25, 0.3) is 5.91 Å². The highest BCUT2D eigenvalue weighted by atomic mass is 19.4. The van der Waals surface area contributed by atoms with Gasteiger partial charge in [0.15, 0.2) is 0 Å². The van der Waals surface area contributed by atoms with Gasteiger partial charge in [-0.2, -0.15) is 26.3 Å². The first-order chi connectivity index (χ1) is 17.0. The predicted octanol–water partition coefficient (Wildman–Crippen LogP) is 5.11. The Balaban J connectivity index is 2.18. The minimum absolute atomic E-state index is 0.0305. The average Bonchev–Trinajstić information content (AvgIpc) is 2.79. The van der Waals surface area contributed by atoms with Crippen LogP contribution in [-0.2, 0) is 21.9 Å². The molecule has 200 valence electrons. The Labute approximate surface area is 208 Å². The van der Waals surface area contributed by atoms with Gasteiger partial charge in [-0.15, -0.1) is 0 Å². The number of hydrogen-bond donors (Lipinski definition) is 2. The molecule has 0 aliphatic carbocycles. The molecule has 1 aliphatic heterocycles. The van der Waals surface area contributed by atoms with Crippen molar-refractivity contribution in [2.24, 2.45) is 11.8 Å². The minimum Gasteiger partial charge on any atom is -0.481 e. The van der Waals surface area contributed by atoms with E-state index in [0.29, 0.717) is 12.1 Å². The molecule has 0 bridgehead atoms. The second kappa shape index (κ2) is 10.1. The number of likely N-dealkylation sites (N-methyl/N-ethyl adjacent to an activating group) is 1. The first-order valence-corrected chi connectivity index (χ1v) is 11.2. The molecule has 0 aromatic heterocycles. The summed E-state index contributed by atoms with van der Waals surface area (Å²) in [6.45, 7) is 2.92. The minimum atomic E-state index is -5.13. The van der Waals surface area contributed by atoms with Gasteiger partial charge in [-0.25, -0.2) is 0 Å². The second-order valence-corrected chi connectivity index (χ2v) is 9.20. The molecule has 0 radical (unpaired) electrons. The summed E-state index contributed by atoms with van der Waals surface area (Å²) in [5.74, 6) is -5.50. The highest BCUT2D eigenvalue weighted by Crippen LogP contribution is 2.45.